The fraction of sp³-hybridized carbons (Fsp3) is 0.938. The molecule has 7 fully saturated rings. The third-order valence-electron chi connectivity index (χ3n) is 19.8. The van der Waals surface area contributed by atoms with E-state index in [1.165, 1.54) is 0 Å². The molecule has 0 aromatic heterocycles. The van der Waals surface area contributed by atoms with Gasteiger partial charge in [0.15, 0.2) is 25.0 Å². The van der Waals surface area contributed by atoms with Gasteiger partial charge in [-0.25, -0.2) is 4.79 Å². The summed E-state index contributed by atoms with van der Waals surface area (Å²) in [6.45, 7) is 9.60. The number of hydrogen-bond donors (Lipinski definition) is 15. The molecule has 15 N–H and O–H groups in total. The molecule has 70 heavy (non-hydrogen) atoms. The first-order chi connectivity index (χ1) is 32.7. The Balaban J connectivity index is 1.11. The summed E-state index contributed by atoms with van der Waals surface area (Å²) in [6.07, 6.45) is -27.6. The van der Waals surface area contributed by atoms with Crippen molar-refractivity contribution in [3.8, 4) is 0 Å². The van der Waals surface area contributed by atoms with Crippen LogP contribution in [0.25, 0.3) is 0 Å². The zero-order chi connectivity index (χ0) is 51.6. The SMILES string of the molecule is CC1(C)C[C@H]2C3=CC[C@@H]4[C@@]5(C)CC[C@H](O[C@@H]6O[C@H](C(=O)O)[C@@H](O[C@@H]7O[C@H](CO)[C@@H](O)[C@H](O)[C@H]7O)[C@H](O)[C@H]6O[C@@H]6O[C@H](CO)[C@@H](O)[C@H](O)[C@H]6O)[C@](C)(CO)[C@@H]5CC[C@@]4(C)[C@]3(C)C[C@@H](O)[C@@]2(CO)[C@@H](O)[C@@H]1O. The Morgan fingerprint density at radius 3 is 1.73 bits per heavy atom. The van der Waals surface area contributed by atoms with Crippen molar-refractivity contribution in [1.82, 2.24) is 0 Å². The van der Waals surface area contributed by atoms with Gasteiger partial charge in [0.2, 0.25) is 0 Å². The van der Waals surface area contributed by atoms with Crippen LogP contribution in [0.4, 0.5) is 0 Å². The molecule has 0 bridgehead atoms. The summed E-state index contributed by atoms with van der Waals surface area (Å²) in [4.78, 5) is 13.0. The van der Waals surface area contributed by atoms with Gasteiger partial charge >= 0.3 is 5.97 Å². The summed E-state index contributed by atoms with van der Waals surface area (Å²) in [5, 5.41) is 164. The van der Waals surface area contributed by atoms with Crippen LogP contribution < -0.4 is 0 Å². The van der Waals surface area contributed by atoms with Gasteiger partial charge in [-0.05, 0) is 84.4 Å². The first-order valence-corrected chi connectivity index (χ1v) is 24.8. The largest absolute Gasteiger partial charge is 0.479 e. The standard InChI is InChI=1S/C48H78O22/c1-43(2)13-20-19-7-8-24-44(3)11-10-26(45(4,17-51)23(44)9-12-46(24,5)47(19,6)14-25(53)48(20,18-52)38(62)37(43)61)67-42-35(69-41-32(59)30(57)28(55)22(16-50)66-41)33(60)34(36(70-42)39(63)64)68-40-31(58)29(56)27(54)21(15-49)65-40/h7,20-38,40-42,49-62H,8-18H2,1-6H3,(H,63,64)/t20-,21+,22+,23+,24+,25+,26-,27+,28+,29-,30-,31+,32+,33-,34-,35+,36-,37-,38-,40-,41-,42+,44-,45+,46+,47+,48-/m0/s1. The molecule has 4 saturated carbocycles. The topological polar surface area (TPSA) is 376 Å². The van der Waals surface area contributed by atoms with E-state index >= 15 is 0 Å². The number of fused-ring (bicyclic) bond motifs is 7. The summed E-state index contributed by atoms with van der Waals surface area (Å²) in [5.41, 5.74) is -3.63. The highest BCUT2D eigenvalue weighted by atomic mass is 16.8. The summed E-state index contributed by atoms with van der Waals surface area (Å²) in [5.74, 6) is -2.40. The molecule has 402 valence electrons. The fourth-order valence-corrected chi connectivity index (χ4v) is 15.4. The van der Waals surface area contributed by atoms with Crippen molar-refractivity contribution >= 4 is 5.97 Å². The van der Waals surface area contributed by atoms with Crippen molar-refractivity contribution in [3.05, 3.63) is 11.6 Å². The van der Waals surface area contributed by atoms with Crippen molar-refractivity contribution in [2.75, 3.05) is 26.4 Å². The second kappa shape index (κ2) is 19.2. The van der Waals surface area contributed by atoms with Gasteiger partial charge in [-0.3, -0.25) is 0 Å². The minimum atomic E-state index is -2.15. The first kappa shape index (κ1) is 54.7. The number of aliphatic hydroxyl groups excluding tert-OH is 14. The molecule has 22 nitrogen and oxygen atoms in total. The Hall–Kier alpha value is -1.59. The van der Waals surface area contributed by atoms with E-state index in [1.54, 1.807) is 0 Å². The zero-order valence-electron chi connectivity index (χ0n) is 40.6. The minimum Gasteiger partial charge on any atom is -0.479 e. The average molecular weight is 1010 g/mol. The van der Waals surface area contributed by atoms with Gasteiger partial charge in [-0.2, -0.15) is 0 Å². The lowest BCUT2D eigenvalue weighted by atomic mass is 9.33. The Bertz CT molecular complexity index is 1920. The van der Waals surface area contributed by atoms with Crippen molar-refractivity contribution in [3.63, 3.8) is 0 Å². The number of hydrogen-bond acceptors (Lipinski definition) is 21. The van der Waals surface area contributed by atoms with E-state index in [0.29, 0.717) is 32.1 Å². The van der Waals surface area contributed by atoms with E-state index in [1.807, 2.05) is 20.8 Å². The van der Waals surface area contributed by atoms with Gasteiger partial charge in [0.25, 0.3) is 0 Å². The number of aliphatic carboxylic acids is 1. The summed E-state index contributed by atoms with van der Waals surface area (Å²) < 4.78 is 35.7. The number of allylic oxidation sites excluding steroid dienone is 2. The van der Waals surface area contributed by atoms with E-state index in [0.717, 1.165) is 5.57 Å². The molecular formula is C48H78O22. The molecule has 27 atom stereocenters. The van der Waals surface area contributed by atoms with E-state index in [4.69, 9.17) is 28.4 Å². The predicted molar refractivity (Wildman–Crippen MR) is 236 cm³/mol. The van der Waals surface area contributed by atoms with Crippen molar-refractivity contribution < 1.29 is 110 Å². The second-order valence-electron chi connectivity index (χ2n) is 23.6. The number of carboxylic acid groups (broad SMARTS) is 1. The molecule has 0 radical (unpaired) electrons. The Kier molecular flexibility index (Phi) is 15.0. The minimum absolute atomic E-state index is 0.0213. The number of carboxylic acids is 1. The third kappa shape index (κ3) is 8.00. The van der Waals surface area contributed by atoms with Crippen LogP contribution in [0.3, 0.4) is 0 Å². The average Bonchev–Trinajstić information content (AvgIpc) is 3.31. The molecule has 3 heterocycles. The lowest BCUT2D eigenvalue weighted by Gasteiger charge is -2.72. The van der Waals surface area contributed by atoms with Crippen molar-refractivity contribution in [2.24, 2.45) is 50.2 Å². The van der Waals surface area contributed by atoms with Gasteiger partial charge in [0.05, 0.1) is 56.3 Å². The smallest absolute Gasteiger partial charge is 0.335 e. The third-order valence-corrected chi connectivity index (χ3v) is 19.8. The Morgan fingerprint density at radius 1 is 0.629 bits per heavy atom. The second-order valence-corrected chi connectivity index (χ2v) is 23.6. The van der Waals surface area contributed by atoms with Crippen LogP contribution in [-0.2, 0) is 33.2 Å². The molecule has 3 aliphatic heterocycles. The molecule has 0 aromatic carbocycles. The fourth-order valence-electron chi connectivity index (χ4n) is 15.4. The highest BCUT2D eigenvalue weighted by Gasteiger charge is 2.73. The number of rotatable bonds is 11. The van der Waals surface area contributed by atoms with Gasteiger partial charge in [0.1, 0.15) is 67.1 Å². The molecule has 8 rings (SSSR count). The zero-order valence-corrected chi connectivity index (χ0v) is 40.6. The van der Waals surface area contributed by atoms with Crippen LogP contribution in [0.5, 0.6) is 0 Å². The maximum absolute atomic E-state index is 13.0. The number of ether oxygens (including phenoxy) is 6. The highest BCUT2D eigenvalue weighted by Crippen LogP contribution is 2.76. The molecule has 22 heteroatoms. The Labute approximate surface area is 406 Å². The lowest BCUT2D eigenvalue weighted by molar-refractivity contribution is -0.392. The van der Waals surface area contributed by atoms with Crippen LogP contribution >= 0.6 is 0 Å². The molecule has 0 amide bonds. The summed E-state index contributed by atoms with van der Waals surface area (Å²) in [7, 11) is 0. The Morgan fingerprint density at radius 2 is 1.20 bits per heavy atom. The first-order valence-electron chi connectivity index (χ1n) is 24.8. The van der Waals surface area contributed by atoms with Crippen LogP contribution in [0, 0.1) is 50.2 Å². The van der Waals surface area contributed by atoms with Crippen LogP contribution in [0.15, 0.2) is 11.6 Å². The van der Waals surface area contributed by atoms with Crippen LogP contribution in [0.1, 0.15) is 86.5 Å². The van der Waals surface area contributed by atoms with Crippen molar-refractivity contribution in [1.29, 1.82) is 0 Å². The van der Waals surface area contributed by atoms with Gasteiger partial charge < -0.3 is 105 Å². The molecule has 8 aliphatic rings. The monoisotopic (exact) mass is 1010 g/mol. The van der Waals surface area contributed by atoms with E-state index in [2.05, 4.69) is 26.8 Å². The van der Waals surface area contributed by atoms with Crippen LogP contribution in [0.2, 0.25) is 0 Å². The molecular weight excluding hydrogens is 929 g/mol. The maximum atomic E-state index is 13.0. The number of carbonyl (C=O) groups is 1. The highest BCUT2D eigenvalue weighted by molar-refractivity contribution is 5.73. The van der Waals surface area contributed by atoms with Crippen LogP contribution in [-0.4, -0.2) is 226 Å². The quantitative estimate of drug-likeness (QED) is 0.0708. The molecule has 0 aromatic rings. The predicted octanol–water partition coefficient (Wildman–Crippen LogP) is -3.41. The maximum Gasteiger partial charge on any atom is 0.335 e. The molecule has 5 aliphatic carbocycles. The van der Waals surface area contributed by atoms with Gasteiger partial charge in [-0.1, -0.05) is 53.2 Å². The van der Waals surface area contributed by atoms with Gasteiger partial charge in [-0.15, -0.1) is 0 Å². The lowest BCUT2D eigenvalue weighted by Crippen LogP contribution is -2.72. The van der Waals surface area contributed by atoms with E-state index < -0.39 is 187 Å². The molecule has 3 saturated heterocycles. The normalized spacial score (nSPS) is 55.6. The molecule has 0 spiro atoms. The van der Waals surface area contributed by atoms with E-state index in [9.17, 15) is 81.4 Å². The van der Waals surface area contributed by atoms with E-state index in [-0.39, 0.29) is 24.7 Å². The number of aliphatic hydroxyl groups is 14. The van der Waals surface area contributed by atoms with Gasteiger partial charge in [0, 0.05) is 5.41 Å². The van der Waals surface area contributed by atoms with Crippen molar-refractivity contribution in [2.45, 2.75) is 203 Å². The molecule has 0 unspecified atom stereocenters. The summed E-state index contributed by atoms with van der Waals surface area (Å²) >= 11 is 0. The summed E-state index contributed by atoms with van der Waals surface area (Å²) in [6, 6.07) is 0.